The number of sulfonamides is 1. The van der Waals surface area contributed by atoms with Gasteiger partial charge in [0.2, 0.25) is 10.0 Å². The van der Waals surface area contributed by atoms with Gasteiger partial charge in [-0.3, -0.25) is 0 Å². The third-order valence-electron chi connectivity index (χ3n) is 2.97. The highest BCUT2D eigenvalue weighted by Crippen LogP contribution is 2.20. The van der Waals surface area contributed by atoms with Crippen molar-refractivity contribution in [3.63, 3.8) is 0 Å². The number of halogens is 1. The van der Waals surface area contributed by atoms with Crippen LogP contribution in [0.5, 0.6) is 0 Å². The largest absolute Gasteiger partial charge is 0.243 e. The van der Waals surface area contributed by atoms with Crippen molar-refractivity contribution < 1.29 is 8.42 Å². The zero-order chi connectivity index (χ0) is 15.5. The minimum Gasteiger partial charge on any atom is -0.207 e. The molecule has 0 spiro atoms. The van der Waals surface area contributed by atoms with Crippen molar-refractivity contribution in [2.24, 2.45) is 0 Å². The Morgan fingerprint density at radius 2 is 1.90 bits per heavy atom. The van der Waals surface area contributed by atoms with Gasteiger partial charge in [0.1, 0.15) is 0 Å². The summed E-state index contributed by atoms with van der Waals surface area (Å²) >= 11 is 5.84. The Balaban J connectivity index is 2.27. The van der Waals surface area contributed by atoms with Crippen LogP contribution >= 0.6 is 11.6 Å². The summed E-state index contributed by atoms with van der Waals surface area (Å²) in [4.78, 5) is 0.147. The molecule has 0 aromatic heterocycles. The van der Waals surface area contributed by atoms with Gasteiger partial charge in [-0.15, -0.1) is 0 Å². The quantitative estimate of drug-likeness (QED) is 0.870. The molecule has 0 fully saturated rings. The van der Waals surface area contributed by atoms with Crippen LogP contribution in [0.1, 0.15) is 11.1 Å². The molecule has 2 aromatic carbocycles. The minimum absolute atomic E-state index is 0.147. The third kappa shape index (κ3) is 3.61. The highest BCUT2D eigenvalue weighted by atomic mass is 35.5. The zero-order valence-electron chi connectivity index (χ0n) is 11.3. The van der Waals surface area contributed by atoms with E-state index < -0.39 is 10.0 Å². The van der Waals surface area contributed by atoms with Gasteiger partial charge in [-0.2, -0.15) is 9.57 Å². The van der Waals surface area contributed by atoms with Crippen LogP contribution in [0, 0.1) is 11.3 Å². The van der Waals surface area contributed by atoms with Gasteiger partial charge in [0, 0.05) is 18.6 Å². The second-order valence-electron chi connectivity index (χ2n) is 4.53. The average Bonchev–Trinajstić information content (AvgIpc) is 2.47. The first-order valence-electron chi connectivity index (χ1n) is 6.14. The minimum atomic E-state index is -3.61. The molecule has 0 saturated carbocycles. The van der Waals surface area contributed by atoms with Gasteiger partial charge in [0.15, 0.2) is 0 Å². The van der Waals surface area contributed by atoms with Gasteiger partial charge in [0.25, 0.3) is 0 Å². The van der Waals surface area contributed by atoms with E-state index in [0.29, 0.717) is 10.6 Å². The zero-order valence-corrected chi connectivity index (χ0v) is 12.9. The van der Waals surface area contributed by atoms with Gasteiger partial charge in [-0.05, 0) is 35.9 Å². The smallest absolute Gasteiger partial charge is 0.207 e. The number of benzene rings is 2. The topological polar surface area (TPSA) is 61.2 Å². The molecule has 0 amide bonds. The molecular weight excluding hydrogens is 308 g/mol. The Morgan fingerprint density at radius 1 is 1.19 bits per heavy atom. The standard InChI is InChI=1S/C15H13ClN2O2S/c1-18(11-13-5-2-4-12(8-13)10-17)21(19,20)15-7-3-6-14(16)9-15/h2-9H,11H2,1H3. The molecule has 0 saturated heterocycles. The molecule has 0 unspecified atom stereocenters. The number of rotatable bonds is 4. The third-order valence-corrected chi connectivity index (χ3v) is 5.00. The van der Waals surface area contributed by atoms with Crippen LogP contribution in [0.3, 0.4) is 0 Å². The Hall–Kier alpha value is -1.87. The van der Waals surface area contributed by atoms with Crippen LogP contribution in [0.15, 0.2) is 53.4 Å². The Bertz CT molecular complexity index is 797. The van der Waals surface area contributed by atoms with Crippen LogP contribution in [0.2, 0.25) is 5.02 Å². The van der Waals surface area contributed by atoms with Crippen LogP contribution in [0.25, 0.3) is 0 Å². The second kappa shape index (κ2) is 6.27. The van der Waals surface area contributed by atoms with Gasteiger partial charge in [-0.25, -0.2) is 8.42 Å². The summed E-state index contributed by atoms with van der Waals surface area (Å²) < 4.78 is 26.1. The maximum absolute atomic E-state index is 12.4. The molecule has 2 aromatic rings. The molecule has 108 valence electrons. The summed E-state index contributed by atoms with van der Waals surface area (Å²) in [5.41, 5.74) is 1.25. The van der Waals surface area contributed by atoms with E-state index in [0.717, 1.165) is 5.56 Å². The first kappa shape index (κ1) is 15.5. The fourth-order valence-corrected chi connectivity index (χ4v) is 3.35. The summed E-state index contributed by atoms with van der Waals surface area (Å²) in [5.74, 6) is 0. The first-order valence-corrected chi connectivity index (χ1v) is 7.96. The van der Waals surface area contributed by atoms with Crippen LogP contribution < -0.4 is 0 Å². The lowest BCUT2D eigenvalue weighted by Crippen LogP contribution is -2.26. The van der Waals surface area contributed by atoms with Crippen molar-refractivity contribution in [2.75, 3.05) is 7.05 Å². The van der Waals surface area contributed by atoms with Gasteiger partial charge in [0.05, 0.1) is 16.5 Å². The Labute approximate surface area is 129 Å². The van der Waals surface area contributed by atoms with Gasteiger partial charge in [-0.1, -0.05) is 29.8 Å². The van der Waals surface area contributed by atoms with E-state index in [-0.39, 0.29) is 11.4 Å². The maximum atomic E-state index is 12.4. The molecule has 0 heterocycles. The van der Waals surface area contributed by atoms with E-state index in [9.17, 15) is 8.42 Å². The van der Waals surface area contributed by atoms with E-state index in [1.165, 1.54) is 23.5 Å². The van der Waals surface area contributed by atoms with Crippen molar-refractivity contribution in [2.45, 2.75) is 11.4 Å². The predicted molar refractivity (Wildman–Crippen MR) is 81.3 cm³/mol. The summed E-state index contributed by atoms with van der Waals surface area (Å²) in [7, 11) is -2.12. The van der Waals surface area contributed by atoms with E-state index in [1.54, 1.807) is 36.4 Å². The number of hydrogen-bond donors (Lipinski definition) is 0. The molecule has 0 aliphatic rings. The molecule has 0 aliphatic heterocycles. The summed E-state index contributed by atoms with van der Waals surface area (Å²) in [6, 6.07) is 15.0. The van der Waals surface area contributed by atoms with Crippen molar-refractivity contribution >= 4 is 21.6 Å². The monoisotopic (exact) mass is 320 g/mol. The van der Waals surface area contributed by atoms with E-state index in [2.05, 4.69) is 0 Å². The molecule has 0 bridgehead atoms. The molecule has 0 aliphatic carbocycles. The molecule has 2 rings (SSSR count). The molecule has 6 heteroatoms. The fourth-order valence-electron chi connectivity index (χ4n) is 1.89. The molecule has 0 atom stereocenters. The van der Waals surface area contributed by atoms with Crippen LogP contribution in [0.4, 0.5) is 0 Å². The van der Waals surface area contributed by atoms with Gasteiger partial charge < -0.3 is 0 Å². The maximum Gasteiger partial charge on any atom is 0.243 e. The van der Waals surface area contributed by atoms with Crippen molar-refractivity contribution in [3.8, 4) is 6.07 Å². The summed E-state index contributed by atoms with van der Waals surface area (Å²) in [5, 5.41) is 9.24. The van der Waals surface area contributed by atoms with E-state index >= 15 is 0 Å². The lowest BCUT2D eigenvalue weighted by atomic mass is 10.1. The molecule has 4 nitrogen and oxygen atoms in total. The highest BCUT2D eigenvalue weighted by Gasteiger charge is 2.21. The first-order chi connectivity index (χ1) is 9.93. The molecule has 0 radical (unpaired) electrons. The predicted octanol–water partition coefficient (Wildman–Crippen LogP) is 3.03. The van der Waals surface area contributed by atoms with Crippen molar-refractivity contribution in [3.05, 3.63) is 64.7 Å². The molecular formula is C15H13ClN2O2S. The lowest BCUT2D eigenvalue weighted by Gasteiger charge is -2.17. The van der Waals surface area contributed by atoms with Crippen molar-refractivity contribution in [1.82, 2.24) is 4.31 Å². The number of nitrogens with zero attached hydrogens (tertiary/aromatic N) is 2. The average molecular weight is 321 g/mol. The molecule has 21 heavy (non-hydrogen) atoms. The van der Waals surface area contributed by atoms with Crippen molar-refractivity contribution in [1.29, 1.82) is 5.26 Å². The SMILES string of the molecule is CN(Cc1cccc(C#N)c1)S(=O)(=O)c1cccc(Cl)c1. The second-order valence-corrected chi connectivity index (χ2v) is 7.01. The van der Waals surface area contributed by atoms with Gasteiger partial charge >= 0.3 is 0 Å². The Kier molecular flexibility index (Phi) is 4.63. The molecule has 0 N–H and O–H groups in total. The highest BCUT2D eigenvalue weighted by molar-refractivity contribution is 7.89. The van der Waals surface area contributed by atoms with E-state index in [1.807, 2.05) is 6.07 Å². The number of nitriles is 1. The van der Waals surface area contributed by atoms with Crippen LogP contribution in [-0.2, 0) is 16.6 Å². The summed E-state index contributed by atoms with van der Waals surface area (Å²) in [6.07, 6.45) is 0. The fraction of sp³-hybridized carbons (Fsp3) is 0.133. The normalized spacial score (nSPS) is 11.3. The summed E-state index contributed by atoms with van der Waals surface area (Å²) in [6.45, 7) is 0.185. The van der Waals surface area contributed by atoms with E-state index in [4.69, 9.17) is 16.9 Å². The Morgan fingerprint density at radius 3 is 2.57 bits per heavy atom. The lowest BCUT2D eigenvalue weighted by molar-refractivity contribution is 0.466. The number of hydrogen-bond acceptors (Lipinski definition) is 3. The van der Waals surface area contributed by atoms with Crippen LogP contribution in [-0.4, -0.2) is 19.8 Å².